The van der Waals surface area contributed by atoms with Crippen molar-refractivity contribution in [1.29, 1.82) is 0 Å². The van der Waals surface area contributed by atoms with Gasteiger partial charge in [-0.05, 0) is 25.2 Å². The Morgan fingerprint density at radius 2 is 2.32 bits per heavy atom. The van der Waals surface area contributed by atoms with E-state index in [-0.39, 0.29) is 5.91 Å². The standard InChI is InChI=1S/C13H21N5O/c1-2-5-17(8-10-3-4-10)13(19)12-9-18(16-15-12)11-6-14-7-11/h9-11,14H,2-8H2,1H3. The van der Waals surface area contributed by atoms with Gasteiger partial charge in [-0.1, -0.05) is 12.1 Å². The van der Waals surface area contributed by atoms with E-state index in [1.54, 1.807) is 6.20 Å². The predicted octanol–water partition coefficient (Wildman–Crippen LogP) is 0.685. The first-order chi connectivity index (χ1) is 9.28. The Morgan fingerprint density at radius 1 is 1.53 bits per heavy atom. The van der Waals surface area contributed by atoms with Crippen LogP contribution >= 0.6 is 0 Å². The first-order valence-corrected chi connectivity index (χ1v) is 7.19. The van der Waals surface area contributed by atoms with Crippen molar-refractivity contribution in [1.82, 2.24) is 25.2 Å². The number of nitrogens with zero attached hydrogens (tertiary/aromatic N) is 4. The molecular formula is C13H21N5O. The van der Waals surface area contributed by atoms with Crippen LogP contribution in [0.1, 0.15) is 42.7 Å². The van der Waals surface area contributed by atoms with Crippen LogP contribution in [0.4, 0.5) is 0 Å². The highest BCUT2D eigenvalue weighted by atomic mass is 16.2. The third kappa shape index (κ3) is 2.78. The summed E-state index contributed by atoms with van der Waals surface area (Å²) in [7, 11) is 0. The first-order valence-electron chi connectivity index (χ1n) is 7.19. The Kier molecular flexibility index (Phi) is 3.50. The maximum atomic E-state index is 12.4. The molecule has 3 rings (SSSR count). The van der Waals surface area contributed by atoms with Crippen LogP contribution in [-0.2, 0) is 0 Å². The van der Waals surface area contributed by atoms with Gasteiger partial charge in [-0.25, -0.2) is 4.68 Å². The van der Waals surface area contributed by atoms with E-state index < -0.39 is 0 Å². The molecule has 1 aliphatic carbocycles. The molecule has 2 heterocycles. The van der Waals surface area contributed by atoms with Crippen molar-refractivity contribution in [3.05, 3.63) is 11.9 Å². The smallest absolute Gasteiger partial charge is 0.276 e. The van der Waals surface area contributed by atoms with Gasteiger partial charge in [-0.2, -0.15) is 0 Å². The highest BCUT2D eigenvalue weighted by Gasteiger charge is 2.28. The van der Waals surface area contributed by atoms with Crippen molar-refractivity contribution in [3.8, 4) is 0 Å². The average molecular weight is 263 g/mol. The van der Waals surface area contributed by atoms with E-state index in [0.29, 0.717) is 17.7 Å². The SMILES string of the molecule is CCCN(CC1CC1)C(=O)c1cn(C2CNC2)nn1. The number of aromatic nitrogens is 3. The van der Waals surface area contributed by atoms with Crippen LogP contribution in [0.3, 0.4) is 0 Å². The van der Waals surface area contributed by atoms with Crippen molar-refractivity contribution < 1.29 is 4.79 Å². The molecule has 1 aromatic heterocycles. The van der Waals surface area contributed by atoms with Crippen molar-refractivity contribution in [2.45, 2.75) is 32.2 Å². The molecule has 0 radical (unpaired) electrons. The minimum absolute atomic E-state index is 0.0345. The van der Waals surface area contributed by atoms with E-state index in [4.69, 9.17) is 0 Å². The van der Waals surface area contributed by atoms with Gasteiger partial charge in [-0.15, -0.1) is 5.10 Å². The second kappa shape index (κ2) is 5.28. The molecule has 0 atom stereocenters. The molecule has 0 bridgehead atoms. The Morgan fingerprint density at radius 3 is 2.89 bits per heavy atom. The lowest BCUT2D eigenvalue weighted by atomic mass is 10.2. The van der Waals surface area contributed by atoms with Crippen LogP contribution in [0, 0.1) is 5.92 Å². The van der Waals surface area contributed by atoms with Gasteiger partial charge in [-0.3, -0.25) is 4.79 Å². The summed E-state index contributed by atoms with van der Waals surface area (Å²) in [4.78, 5) is 14.4. The van der Waals surface area contributed by atoms with Gasteiger partial charge in [0.05, 0.1) is 12.2 Å². The molecule has 1 saturated carbocycles. The number of carbonyl (C=O) groups is 1. The van der Waals surface area contributed by atoms with Crippen molar-refractivity contribution in [3.63, 3.8) is 0 Å². The number of hydrogen-bond donors (Lipinski definition) is 1. The van der Waals surface area contributed by atoms with Crippen LogP contribution in [0.25, 0.3) is 0 Å². The number of nitrogens with one attached hydrogen (secondary N) is 1. The third-order valence-electron chi connectivity index (χ3n) is 3.82. The van der Waals surface area contributed by atoms with E-state index in [1.807, 2.05) is 9.58 Å². The largest absolute Gasteiger partial charge is 0.337 e. The molecule has 0 unspecified atom stereocenters. The Balaban J connectivity index is 1.67. The molecule has 1 aliphatic heterocycles. The molecule has 104 valence electrons. The average Bonchev–Trinajstić information content (AvgIpc) is 3.03. The predicted molar refractivity (Wildman–Crippen MR) is 70.8 cm³/mol. The van der Waals surface area contributed by atoms with Gasteiger partial charge in [0.1, 0.15) is 0 Å². The minimum atomic E-state index is 0.0345. The normalized spacial score (nSPS) is 19.2. The Labute approximate surface area is 113 Å². The van der Waals surface area contributed by atoms with Crippen LogP contribution in [0.15, 0.2) is 6.20 Å². The summed E-state index contributed by atoms with van der Waals surface area (Å²) in [5.41, 5.74) is 0.487. The van der Waals surface area contributed by atoms with Gasteiger partial charge >= 0.3 is 0 Å². The van der Waals surface area contributed by atoms with Gasteiger partial charge in [0.15, 0.2) is 5.69 Å². The lowest BCUT2D eigenvalue weighted by molar-refractivity contribution is 0.0741. The van der Waals surface area contributed by atoms with E-state index in [0.717, 1.165) is 32.6 Å². The van der Waals surface area contributed by atoms with Gasteiger partial charge in [0.25, 0.3) is 5.91 Å². The maximum Gasteiger partial charge on any atom is 0.276 e. The second-order valence-electron chi connectivity index (χ2n) is 5.59. The molecule has 6 nitrogen and oxygen atoms in total. The second-order valence-corrected chi connectivity index (χ2v) is 5.59. The number of rotatable bonds is 6. The minimum Gasteiger partial charge on any atom is -0.337 e. The van der Waals surface area contributed by atoms with E-state index in [9.17, 15) is 4.79 Å². The zero-order chi connectivity index (χ0) is 13.2. The Hall–Kier alpha value is -1.43. The van der Waals surface area contributed by atoms with E-state index in [2.05, 4.69) is 22.6 Å². The number of carbonyl (C=O) groups excluding carboxylic acids is 1. The van der Waals surface area contributed by atoms with Crippen molar-refractivity contribution >= 4 is 5.91 Å². The molecule has 1 amide bonds. The summed E-state index contributed by atoms with van der Waals surface area (Å²) in [6, 6.07) is 0.358. The molecule has 0 aromatic carbocycles. The fourth-order valence-electron chi connectivity index (χ4n) is 2.33. The number of amides is 1. The van der Waals surface area contributed by atoms with Gasteiger partial charge < -0.3 is 10.2 Å². The van der Waals surface area contributed by atoms with Crippen LogP contribution in [0.2, 0.25) is 0 Å². The summed E-state index contributed by atoms with van der Waals surface area (Å²) in [5.74, 6) is 0.744. The molecule has 2 aliphatic rings. The van der Waals surface area contributed by atoms with Crippen molar-refractivity contribution in [2.24, 2.45) is 5.92 Å². The summed E-state index contributed by atoms with van der Waals surface area (Å²) >= 11 is 0. The lowest BCUT2D eigenvalue weighted by Crippen LogP contribution is -2.43. The Bertz CT molecular complexity index is 450. The zero-order valence-corrected chi connectivity index (χ0v) is 11.4. The number of hydrogen-bond acceptors (Lipinski definition) is 4. The molecule has 0 spiro atoms. The van der Waals surface area contributed by atoms with Gasteiger partial charge in [0, 0.05) is 26.2 Å². The monoisotopic (exact) mass is 263 g/mol. The van der Waals surface area contributed by atoms with Crippen LogP contribution in [0.5, 0.6) is 0 Å². The van der Waals surface area contributed by atoms with Crippen molar-refractivity contribution in [2.75, 3.05) is 26.2 Å². The summed E-state index contributed by atoms with van der Waals surface area (Å²) in [6.07, 6.45) is 5.30. The topological polar surface area (TPSA) is 63.1 Å². The van der Waals surface area contributed by atoms with Crippen LogP contribution in [-0.4, -0.2) is 52.0 Å². The summed E-state index contributed by atoms with van der Waals surface area (Å²) < 4.78 is 1.81. The molecule has 2 fully saturated rings. The molecule has 1 aromatic rings. The fraction of sp³-hybridized carbons (Fsp3) is 0.769. The van der Waals surface area contributed by atoms with Crippen LogP contribution < -0.4 is 5.32 Å². The molecule has 6 heteroatoms. The highest BCUT2D eigenvalue weighted by Crippen LogP contribution is 2.30. The molecule has 19 heavy (non-hydrogen) atoms. The van der Waals surface area contributed by atoms with E-state index >= 15 is 0 Å². The van der Waals surface area contributed by atoms with E-state index in [1.165, 1.54) is 12.8 Å². The lowest BCUT2D eigenvalue weighted by Gasteiger charge is -2.26. The first kappa shape index (κ1) is 12.6. The molecule has 1 saturated heterocycles. The molecule has 1 N–H and O–H groups in total. The molecular weight excluding hydrogens is 242 g/mol. The summed E-state index contributed by atoms with van der Waals surface area (Å²) in [6.45, 7) is 5.62. The summed E-state index contributed by atoms with van der Waals surface area (Å²) in [5, 5.41) is 11.3. The highest BCUT2D eigenvalue weighted by molar-refractivity contribution is 5.91. The maximum absolute atomic E-state index is 12.4. The zero-order valence-electron chi connectivity index (χ0n) is 11.4. The quantitative estimate of drug-likeness (QED) is 0.820. The third-order valence-corrected chi connectivity index (χ3v) is 3.82. The fourth-order valence-corrected chi connectivity index (χ4v) is 2.33. The van der Waals surface area contributed by atoms with Gasteiger partial charge in [0.2, 0.25) is 0 Å².